The van der Waals surface area contributed by atoms with E-state index < -0.39 is 17.6 Å². The summed E-state index contributed by atoms with van der Waals surface area (Å²) in [5.41, 5.74) is 1.88. The van der Waals surface area contributed by atoms with E-state index in [-0.39, 0.29) is 18.3 Å². The first-order chi connectivity index (χ1) is 16.2. The summed E-state index contributed by atoms with van der Waals surface area (Å²) < 4.78 is 5.85. The number of anilines is 1. The molecule has 0 spiro atoms. The van der Waals surface area contributed by atoms with Crippen LogP contribution in [0, 0.1) is 0 Å². The van der Waals surface area contributed by atoms with Gasteiger partial charge in [-0.15, -0.1) is 10.2 Å². The van der Waals surface area contributed by atoms with Crippen LogP contribution in [0.15, 0.2) is 48.5 Å². The molecule has 3 N–H and O–H groups in total. The molecule has 1 aromatic heterocycles. The fourth-order valence-electron chi connectivity index (χ4n) is 3.75. The average Bonchev–Trinajstić information content (AvgIpc) is 3.24. The van der Waals surface area contributed by atoms with E-state index in [2.05, 4.69) is 20.5 Å². The summed E-state index contributed by atoms with van der Waals surface area (Å²) in [4.78, 5) is 30.3. The summed E-state index contributed by atoms with van der Waals surface area (Å²) in [5, 5.41) is 20.7. The van der Waals surface area contributed by atoms with Gasteiger partial charge in [-0.05, 0) is 49.9 Å². The van der Waals surface area contributed by atoms with Crippen molar-refractivity contribution in [1.29, 1.82) is 0 Å². The van der Waals surface area contributed by atoms with E-state index in [1.54, 1.807) is 20.9 Å². The number of amides is 2. The molecule has 0 fully saturated rings. The molecule has 0 saturated carbocycles. The monoisotopic (exact) mass is 463 g/mol. The van der Waals surface area contributed by atoms with Gasteiger partial charge in [0.05, 0.1) is 11.3 Å². The van der Waals surface area contributed by atoms with Gasteiger partial charge in [0.2, 0.25) is 5.82 Å². The molecule has 1 atom stereocenters. The quantitative estimate of drug-likeness (QED) is 0.494. The van der Waals surface area contributed by atoms with Crippen molar-refractivity contribution in [3.63, 3.8) is 0 Å². The second kappa shape index (κ2) is 9.64. The van der Waals surface area contributed by atoms with Crippen LogP contribution in [0.1, 0.15) is 47.8 Å². The van der Waals surface area contributed by atoms with Crippen LogP contribution in [0.25, 0.3) is 0 Å². The SMILES string of the molecule is CN1C(=O)[C@@H](NC(=O)c2nnc(Cc3ccccc3)[nH]2)COc2ccc(CCC(C)(C)O)cc21. The Morgan fingerprint density at radius 2 is 1.97 bits per heavy atom. The summed E-state index contributed by atoms with van der Waals surface area (Å²) in [6.45, 7) is 3.53. The lowest BCUT2D eigenvalue weighted by molar-refractivity contribution is -0.120. The van der Waals surface area contributed by atoms with Crippen molar-refractivity contribution in [3.8, 4) is 5.75 Å². The van der Waals surface area contributed by atoms with Crippen molar-refractivity contribution < 1.29 is 19.4 Å². The van der Waals surface area contributed by atoms with Gasteiger partial charge >= 0.3 is 0 Å². The van der Waals surface area contributed by atoms with Crippen molar-refractivity contribution in [2.75, 3.05) is 18.6 Å². The highest BCUT2D eigenvalue weighted by atomic mass is 16.5. The van der Waals surface area contributed by atoms with Crippen molar-refractivity contribution in [3.05, 3.63) is 71.3 Å². The highest BCUT2D eigenvalue weighted by Gasteiger charge is 2.31. The zero-order valence-electron chi connectivity index (χ0n) is 19.5. The number of ether oxygens (including phenoxy) is 1. The third kappa shape index (κ3) is 5.60. The van der Waals surface area contributed by atoms with E-state index in [0.717, 1.165) is 11.1 Å². The number of hydrogen-bond acceptors (Lipinski definition) is 6. The number of nitrogens with zero attached hydrogens (tertiary/aromatic N) is 3. The van der Waals surface area contributed by atoms with Crippen molar-refractivity contribution in [1.82, 2.24) is 20.5 Å². The normalized spacial score (nSPS) is 15.9. The molecule has 2 heterocycles. The zero-order valence-corrected chi connectivity index (χ0v) is 19.5. The molecular weight excluding hydrogens is 434 g/mol. The molecule has 2 aromatic carbocycles. The van der Waals surface area contributed by atoms with Crippen LogP contribution in [0.2, 0.25) is 0 Å². The first kappa shape index (κ1) is 23.4. The highest BCUT2D eigenvalue weighted by Crippen LogP contribution is 2.32. The van der Waals surface area contributed by atoms with Gasteiger partial charge in [0.15, 0.2) is 0 Å². The third-order valence-electron chi connectivity index (χ3n) is 5.71. The van der Waals surface area contributed by atoms with Gasteiger partial charge in [-0.25, -0.2) is 0 Å². The maximum absolute atomic E-state index is 13.1. The number of aryl methyl sites for hydroxylation is 1. The number of likely N-dealkylation sites (N-methyl/N-ethyl adjacent to an activating group) is 1. The highest BCUT2D eigenvalue weighted by molar-refractivity contribution is 6.02. The maximum atomic E-state index is 13.1. The Hall–Kier alpha value is -3.72. The van der Waals surface area contributed by atoms with Gasteiger partial charge < -0.3 is 25.0 Å². The number of hydrogen-bond donors (Lipinski definition) is 3. The summed E-state index contributed by atoms with van der Waals surface area (Å²) >= 11 is 0. The molecule has 34 heavy (non-hydrogen) atoms. The minimum absolute atomic E-state index is 0.00403. The Morgan fingerprint density at radius 1 is 1.21 bits per heavy atom. The molecule has 0 aliphatic carbocycles. The number of benzene rings is 2. The van der Waals surface area contributed by atoms with Crippen molar-refractivity contribution >= 4 is 17.5 Å². The second-order valence-corrected chi connectivity index (χ2v) is 9.13. The van der Waals surface area contributed by atoms with E-state index in [0.29, 0.717) is 36.5 Å². The van der Waals surface area contributed by atoms with Gasteiger partial charge in [-0.1, -0.05) is 36.4 Å². The smallest absolute Gasteiger partial charge is 0.289 e. The number of aliphatic hydroxyl groups is 1. The first-order valence-corrected chi connectivity index (χ1v) is 11.2. The van der Waals surface area contributed by atoms with Crippen molar-refractivity contribution in [2.45, 2.75) is 44.8 Å². The minimum atomic E-state index is -0.882. The molecule has 9 nitrogen and oxygen atoms in total. The number of aromatic amines is 1. The lowest BCUT2D eigenvalue weighted by Gasteiger charge is -2.21. The standard InChI is InChI=1S/C25H29N5O4/c1-25(2,33)12-11-17-9-10-20-19(13-17)30(3)24(32)18(15-34-20)26-23(31)22-27-21(28-29-22)14-16-7-5-4-6-8-16/h4-10,13,18,33H,11-12,14-15H2,1-3H3,(H,26,31)(H,27,28,29)/t18-/m0/s1. The average molecular weight is 464 g/mol. The van der Waals surface area contributed by atoms with Crippen LogP contribution in [0.5, 0.6) is 5.75 Å². The fourth-order valence-corrected chi connectivity index (χ4v) is 3.75. The van der Waals surface area contributed by atoms with E-state index >= 15 is 0 Å². The van der Waals surface area contributed by atoms with Crippen LogP contribution in [0.3, 0.4) is 0 Å². The second-order valence-electron chi connectivity index (χ2n) is 9.13. The summed E-state index contributed by atoms with van der Waals surface area (Å²) in [6.07, 6.45) is 1.77. The molecule has 1 aliphatic heterocycles. The molecule has 3 aromatic rings. The predicted octanol–water partition coefficient (Wildman–Crippen LogP) is 2.25. The molecule has 0 radical (unpaired) electrons. The Labute approximate surface area is 198 Å². The van der Waals surface area contributed by atoms with Gasteiger partial charge in [0, 0.05) is 13.5 Å². The Kier molecular flexibility index (Phi) is 6.65. The van der Waals surface area contributed by atoms with Crippen LogP contribution >= 0.6 is 0 Å². The predicted molar refractivity (Wildman–Crippen MR) is 127 cm³/mol. The first-order valence-electron chi connectivity index (χ1n) is 11.2. The van der Waals surface area contributed by atoms with E-state index in [9.17, 15) is 14.7 Å². The number of fused-ring (bicyclic) bond motifs is 1. The largest absolute Gasteiger partial charge is 0.489 e. The fraction of sp³-hybridized carbons (Fsp3) is 0.360. The maximum Gasteiger partial charge on any atom is 0.289 e. The Bertz CT molecular complexity index is 1170. The van der Waals surface area contributed by atoms with Crippen LogP contribution in [0.4, 0.5) is 5.69 Å². The molecule has 4 rings (SSSR count). The number of aromatic nitrogens is 3. The van der Waals surface area contributed by atoms with Gasteiger partial charge in [-0.3, -0.25) is 9.59 Å². The number of carbonyl (C=O) groups is 2. The molecule has 0 unspecified atom stereocenters. The molecule has 1 aliphatic rings. The molecule has 178 valence electrons. The summed E-state index contributed by atoms with van der Waals surface area (Å²) in [7, 11) is 1.65. The molecule has 0 saturated heterocycles. The number of carbonyl (C=O) groups excluding carboxylic acids is 2. The molecule has 2 amide bonds. The topological polar surface area (TPSA) is 120 Å². The van der Waals surface area contributed by atoms with E-state index in [4.69, 9.17) is 4.74 Å². The summed E-state index contributed by atoms with van der Waals surface area (Å²) in [6, 6.07) is 14.5. The lowest BCUT2D eigenvalue weighted by atomic mass is 9.98. The molecular formula is C25H29N5O4. The van der Waals surface area contributed by atoms with Gasteiger partial charge in [0.25, 0.3) is 11.8 Å². The number of nitrogens with one attached hydrogen (secondary N) is 2. The lowest BCUT2D eigenvalue weighted by Crippen LogP contribution is -2.49. The molecule has 9 heteroatoms. The summed E-state index contributed by atoms with van der Waals surface area (Å²) in [5.74, 6) is 0.333. The van der Waals surface area contributed by atoms with Crippen molar-refractivity contribution in [2.24, 2.45) is 0 Å². The Balaban J connectivity index is 1.42. The zero-order chi connectivity index (χ0) is 24.3. The third-order valence-corrected chi connectivity index (χ3v) is 5.71. The number of H-pyrrole nitrogens is 1. The van der Waals surface area contributed by atoms with Crippen LogP contribution < -0.4 is 15.0 Å². The Morgan fingerprint density at radius 3 is 2.71 bits per heavy atom. The van der Waals surface area contributed by atoms with Gasteiger partial charge in [-0.2, -0.15) is 0 Å². The minimum Gasteiger partial charge on any atom is -0.489 e. The molecule has 0 bridgehead atoms. The van der Waals surface area contributed by atoms with E-state index in [1.165, 1.54) is 4.90 Å². The van der Waals surface area contributed by atoms with Crippen LogP contribution in [-0.4, -0.2) is 57.4 Å². The van der Waals surface area contributed by atoms with E-state index in [1.807, 2.05) is 48.5 Å². The van der Waals surface area contributed by atoms with Gasteiger partial charge in [0.1, 0.15) is 24.2 Å². The van der Waals surface area contributed by atoms with Crippen LogP contribution in [-0.2, 0) is 17.6 Å². The number of rotatable bonds is 7.